The number of carbonyl (C=O) groups is 1. The molecule has 4 aromatic rings. The Morgan fingerprint density at radius 2 is 1.85 bits per heavy atom. The number of nitrogens with one attached hydrogen (secondary N) is 1. The largest absolute Gasteiger partial charge is 0.345 e. The van der Waals surface area contributed by atoms with Gasteiger partial charge in [0, 0.05) is 5.39 Å². The quantitative estimate of drug-likeness (QED) is 0.541. The SMILES string of the molecule is Cc1nn(-c2ccc(F)cc2)c2sc(C(=O)NC(C)c3ccccc3)cc12. The molecular formula is C21H18FN3OS. The lowest BCUT2D eigenvalue weighted by Crippen LogP contribution is -2.25. The van der Waals surface area contributed by atoms with E-state index in [1.165, 1.54) is 23.5 Å². The van der Waals surface area contributed by atoms with E-state index in [2.05, 4.69) is 10.4 Å². The van der Waals surface area contributed by atoms with E-state index in [0.29, 0.717) is 4.88 Å². The summed E-state index contributed by atoms with van der Waals surface area (Å²) in [6.45, 7) is 3.87. The number of carbonyl (C=O) groups excluding carboxylic acids is 1. The number of benzene rings is 2. The van der Waals surface area contributed by atoms with Crippen molar-refractivity contribution in [1.29, 1.82) is 0 Å². The van der Waals surface area contributed by atoms with E-state index in [9.17, 15) is 9.18 Å². The minimum atomic E-state index is -0.292. The average molecular weight is 379 g/mol. The van der Waals surface area contributed by atoms with E-state index in [0.717, 1.165) is 27.2 Å². The number of aromatic nitrogens is 2. The smallest absolute Gasteiger partial charge is 0.261 e. The number of hydrogen-bond donors (Lipinski definition) is 1. The highest BCUT2D eigenvalue weighted by Gasteiger charge is 2.18. The first-order valence-electron chi connectivity index (χ1n) is 8.64. The third-order valence-corrected chi connectivity index (χ3v) is 5.60. The number of fused-ring (bicyclic) bond motifs is 1. The van der Waals surface area contributed by atoms with E-state index in [1.54, 1.807) is 16.8 Å². The van der Waals surface area contributed by atoms with Crippen molar-refractivity contribution in [1.82, 2.24) is 15.1 Å². The fourth-order valence-electron chi connectivity index (χ4n) is 3.01. The van der Waals surface area contributed by atoms with Gasteiger partial charge in [0.1, 0.15) is 10.6 Å². The van der Waals surface area contributed by atoms with E-state index < -0.39 is 0 Å². The van der Waals surface area contributed by atoms with Crippen molar-refractivity contribution in [3.63, 3.8) is 0 Å². The summed E-state index contributed by atoms with van der Waals surface area (Å²) < 4.78 is 15.0. The standard InChI is InChI=1S/C21H18FN3OS/c1-13(15-6-4-3-5-7-15)23-20(26)19-12-18-14(2)24-25(21(18)27-19)17-10-8-16(22)9-11-17/h3-13H,1-2H3,(H,23,26). The van der Waals surface area contributed by atoms with Gasteiger partial charge >= 0.3 is 0 Å². The van der Waals surface area contributed by atoms with Gasteiger partial charge in [0.15, 0.2) is 0 Å². The molecule has 2 heterocycles. The fourth-order valence-corrected chi connectivity index (χ4v) is 4.10. The maximum absolute atomic E-state index is 13.2. The molecule has 0 bridgehead atoms. The number of rotatable bonds is 4. The summed E-state index contributed by atoms with van der Waals surface area (Å²) in [5.74, 6) is -0.405. The van der Waals surface area contributed by atoms with Crippen LogP contribution in [0.4, 0.5) is 4.39 Å². The first-order valence-corrected chi connectivity index (χ1v) is 9.45. The summed E-state index contributed by atoms with van der Waals surface area (Å²) in [6, 6.07) is 17.8. The molecule has 2 aromatic heterocycles. The normalized spacial score (nSPS) is 12.3. The van der Waals surface area contributed by atoms with Crippen molar-refractivity contribution in [2.75, 3.05) is 0 Å². The maximum atomic E-state index is 13.2. The molecule has 27 heavy (non-hydrogen) atoms. The van der Waals surface area contributed by atoms with Crippen LogP contribution in [0.5, 0.6) is 0 Å². The zero-order chi connectivity index (χ0) is 19.0. The van der Waals surface area contributed by atoms with Crippen LogP contribution in [0.15, 0.2) is 60.7 Å². The highest BCUT2D eigenvalue weighted by Crippen LogP contribution is 2.30. The molecule has 0 aliphatic rings. The van der Waals surface area contributed by atoms with Crippen LogP contribution in [0, 0.1) is 12.7 Å². The lowest BCUT2D eigenvalue weighted by atomic mass is 10.1. The summed E-state index contributed by atoms with van der Waals surface area (Å²) in [6.07, 6.45) is 0. The molecule has 1 unspecified atom stereocenters. The second-order valence-corrected chi connectivity index (χ2v) is 7.44. The van der Waals surface area contributed by atoms with Gasteiger partial charge in [0.2, 0.25) is 0 Å². The molecule has 2 aromatic carbocycles. The molecule has 0 aliphatic carbocycles. The van der Waals surface area contributed by atoms with Gasteiger partial charge in [-0.1, -0.05) is 30.3 Å². The molecule has 0 radical (unpaired) electrons. The van der Waals surface area contributed by atoms with Gasteiger partial charge in [-0.25, -0.2) is 9.07 Å². The first kappa shape index (κ1) is 17.4. The van der Waals surface area contributed by atoms with Crippen molar-refractivity contribution in [2.45, 2.75) is 19.9 Å². The van der Waals surface area contributed by atoms with E-state index in [4.69, 9.17) is 0 Å². The molecule has 0 saturated carbocycles. The Morgan fingerprint density at radius 1 is 1.15 bits per heavy atom. The highest BCUT2D eigenvalue weighted by molar-refractivity contribution is 7.20. The molecule has 6 heteroatoms. The van der Waals surface area contributed by atoms with Crippen molar-refractivity contribution < 1.29 is 9.18 Å². The molecule has 0 fully saturated rings. The van der Waals surface area contributed by atoms with Gasteiger partial charge < -0.3 is 5.32 Å². The molecule has 0 saturated heterocycles. The Morgan fingerprint density at radius 3 is 2.56 bits per heavy atom. The molecular weight excluding hydrogens is 361 g/mol. The number of halogens is 1. The molecule has 136 valence electrons. The van der Waals surface area contributed by atoms with Crippen molar-refractivity contribution in [3.05, 3.63) is 82.6 Å². The highest BCUT2D eigenvalue weighted by atomic mass is 32.1. The van der Waals surface area contributed by atoms with Gasteiger partial charge in [0.05, 0.1) is 22.3 Å². The Kier molecular flexibility index (Phi) is 4.49. The second-order valence-electron chi connectivity index (χ2n) is 6.41. The van der Waals surface area contributed by atoms with Crippen LogP contribution in [0.25, 0.3) is 15.9 Å². The minimum absolute atomic E-state index is 0.0846. The molecule has 1 amide bonds. The molecule has 1 atom stereocenters. The van der Waals surface area contributed by atoms with E-state index in [1.807, 2.05) is 50.2 Å². The predicted molar refractivity (Wildman–Crippen MR) is 106 cm³/mol. The van der Waals surface area contributed by atoms with Gasteiger partial charge in [-0.05, 0) is 49.7 Å². The number of hydrogen-bond acceptors (Lipinski definition) is 3. The summed E-state index contributed by atoms with van der Waals surface area (Å²) in [7, 11) is 0. The van der Waals surface area contributed by atoms with Gasteiger partial charge in [-0.2, -0.15) is 5.10 Å². The summed E-state index contributed by atoms with van der Waals surface area (Å²) in [5, 5.41) is 8.51. The third-order valence-electron chi connectivity index (χ3n) is 4.49. The van der Waals surface area contributed by atoms with Crippen LogP contribution in [-0.2, 0) is 0 Å². The number of amides is 1. The molecule has 4 nitrogen and oxygen atoms in total. The maximum Gasteiger partial charge on any atom is 0.261 e. The number of aryl methyl sites for hydroxylation is 1. The topological polar surface area (TPSA) is 46.9 Å². The molecule has 0 aliphatic heterocycles. The summed E-state index contributed by atoms with van der Waals surface area (Å²) in [4.78, 5) is 14.2. The lowest BCUT2D eigenvalue weighted by Gasteiger charge is -2.13. The zero-order valence-electron chi connectivity index (χ0n) is 14.9. The summed E-state index contributed by atoms with van der Waals surface area (Å²) >= 11 is 1.38. The fraction of sp³-hybridized carbons (Fsp3) is 0.143. The van der Waals surface area contributed by atoms with Crippen LogP contribution in [-0.4, -0.2) is 15.7 Å². The number of thiophene rings is 1. The average Bonchev–Trinajstić information content (AvgIpc) is 3.24. The minimum Gasteiger partial charge on any atom is -0.345 e. The monoisotopic (exact) mass is 379 g/mol. The van der Waals surface area contributed by atoms with Crippen molar-refractivity contribution in [2.24, 2.45) is 0 Å². The van der Waals surface area contributed by atoms with Crippen LogP contribution >= 0.6 is 11.3 Å². The number of nitrogens with zero attached hydrogens (tertiary/aromatic N) is 2. The predicted octanol–water partition coefficient (Wildman–Crippen LogP) is 5.03. The first-order chi connectivity index (χ1) is 13.0. The Labute approximate surface area is 160 Å². The van der Waals surface area contributed by atoms with Crippen LogP contribution in [0.3, 0.4) is 0 Å². The Bertz CT molecular complexity index is 1100. The second kappa shape index (κ2) is 6.96. The molecule has 0 spiro atoms. The van der Waals surface area contributed by atoms with Crippen LogP contribution in [0.2, 0.25) is 0 Å². The Hall–Kier alpha value is -2.99. The van der Waals surface area contributed by atoms with E-state index in [-0.39, 0.29) is 17.8 Å². The van der Waals surface area contributed by atoms with Crippen LogP contribution < -0.4 is 5.32 Å². The lowest BCUT2D eigenvalue weighted by molar-refractivity contribution is 0.0944. The zero-order valence-corrected chi connectivity index (χ0v) is 15.8. The summed E-state index contributed by atoms with van der Waals surface area (Å²) in [5.41, 5.74) is 2.65. The van der Waals surface area contributed by atoms with Gasteiger partial charge in [-0.15, -0.1) is 11.3 Å². The Balaban J connectivity index is 1.64. The van der Waals surface area contributed by atoms with Crippen LogP contribution in [0.1, 0.15) is 33.9 Å². The molecule has 4 rings (SSSR count). The van der Waals surface area contributed by atoms with Crippen molar-refractivity contribution in [3.8, 4) is 5.69 Å². The van der Waals surface area contributed by atoms with E-state index >= 15 is 0 Å². The van der Waals surface area contributed by atoms with Gasteiger partial charge in [-0.3, -0.25) is 4.79 Å². The van der Waals surface area contributed by atoms with Gasteiger partial charge in [0.25, 0.3) is 5.91 Å². The third kappa shape index (κ3) is 3.36. The van der Waals surface area contributed by atoms with Crippen molar-refractivity contribution >= 4 is 27.5 Å². The molecule has 1 N–H and O–H groups in total.